The smallest absolute Gasteiger partial charge is 0.134 e. The molecule has 0 radical (unpaired) electrons. The van der Waals surface area contributed by atoms with Crippen LogP contribution in [0.25, 0.3) is 10.9 Å². The van der Waals surface area contributed by atoms with Gasteiger partial charge in [0.05, 0.1) is 24.9 Å². The number of ether oxygens (including phenoxy) is 1. The van der Waals surface area contributed by atoms with Gasteiger partial charge in [0.1, 0.15) is 11.6 Å². The molecule has 2 aromatic heterocycles. The zero-order valence-corrected chi connectivity index (χ0v) is 9.33. The molecule has 17 heavy (non-hydrogen) atoms. The largest absolute Gasteiger partial charge is 0.506 e. The van der Waals surface area contributed by atoms with Gasteiger partial charge in [0, 0.05) is 30.7 Å². The van der Waals surface area contributed by atoms with Gasteiger partial charge in [-0.3, -0.25) is 4.98 Å². The van der Waals surface area contributed by atoms with Crippen LogP contribution in [0.1, 0.15) is 0 Å². The van der Waals surface area contributed by atoms with E-state index in [1.165, 1.54) is 6.20 Å². The van der Waals surface area contributed by atoms with Crippen LogP contribution in [0.3, 0.4) is 0 Å². The molecule has 2 aromatic rings. The van der Waals surface area contributed by atoms with Crippen LogP contribution in [-0.4, -0.2) is 41.4 Å². The highest BCUT2D eigenvalue weighted by Gasteiger charge is 2.12. The fraction of sp³-hybridized carbons (Fsp3) is 0.333. The summed E-state index contributed by atoms with van der Waals surface area (Å²) in [5, 5.41) is 10.2. The Morgan fingerprint density at radius 3 is 2.76 bits per heavy atom. The summed E-state index contributed by atoms with van der Waals surface area (Å²) < 4.78 is 5.31. The van der Waals surface area contributed by atoms with Crippen molar-refractivity contribution < 1.29 is 9.84 Å². The summed E-state index contributed by atoms with van der Waals surface area (Å²) in [6, 6.07) is 3.61. The second-order valence-electron chi connectivity index (χ2n) is 4.03. The van der Waals surface area contributed by atoms with Gasteiger partial charge in [-0.05, 0) is 6.07 Å². The highest BCUT2D eigenvalue weighted by molar-refractivity contribution is 5.81. The molecule has 1 fully saturated rings. The van der Waals surface area contributed by atoms with Gasteiger partial charge in [-0.1, -0.05) is 0 Å². The minimum atomic E-state index is 0.165. The summed E-state index contributed by atoms with van der Waals surface area (Å²) in [6.45, 7) is 3.19. The van der Waals surface area contributed by atoms with Crippen LogP contribution < -0.4 is 4.90 Å². The lowest BCUT2D eigenvalue weighted by molar-refractivity contribution is 0.122. The summed E-state index contributed by atoms with van der Waals surface area (Å²) >= 11 is 0. The number of hydrogen-bond donors (Lipinski definition) is 1. The maximum atomic E-state index is 9.33. The average molecular weight is 231 g/mol. The van der Waals surface area contributed by atoms with Gasteiger partial charge in [-0.25, -0.2) is 4.98 Å². The Labute approximate surface area is 98.7 Å². The number of hydrogen-bond acceptors (Lipinski definition) is 5. The van der Waals surface area contributed by atoms with Crippen molar-refractivity contribution in [2.75, 3.05) is 31.2 Å². The first-order valence-electron chi connectivity index (χ1n) is 5.60. The van der Waals surface area contributed by atoms with Crippen LogP contribution in [-0.2, 0) is 4.74 Å². The third kappa shape index (κ3) is 2.01. The summed E-state index contributed by atoms with van der Waals surface area (Å²) in [5.74, 6) is 1.08. The molecular formula is C12H13N3O2. The molecule has 5 nitrogen and oxygen atoms in total. The van der Waals surface area contributed by atoms with Gasteiger partial charge in [0.25, 0.3) is 0 Å². The van der Waals surface area contributed by atoms with Gasteiger partial charge < -0.3 is 14.7 Å². The first-order valence-corrected chi connectivity index (χ1v) is 5.60. The van der Waals surface area contributed by atoms with Crippen LogP contribution in [0.4, 0.5) is 5.82 Å². The molecule has 1 N–H and O–H groups in total. The topological polar surface area (TPSA) is 58.5 Å². The fourth-order valence-corrected chi connectivity index (χ4v) is 1.97. The molecule has 0 unspecified atom stereocenters. The minimum Gasteiger partial charge on any atom is -0.506 e. The van der Waals surface area contributed by atoms with E-state index < -0.39 is 0 Å². The van der Waals surface area contributed by atoms with Gasteiger partial charge in [-0.15, -0.1) is 0 Å². The lowest BCUT2D eigenvalue weighted by Gasteiger charge is -2.27. The number of pyridine rings is 2. The van der Waals surface area contributed by atoms with Gasteiger partial charge >= 0.3 is 0 Å². The van der Waals surface area contributed by atoms with Crippen LogP contribution in [0, 0.1) is 0 Å². The molecule has 3 rings (SSSR count). The van der Waals surface area contributed by atoms with E-state index in [1.807, 2.05) is 6.07 Å². The molecule has 3 heterocycles. The van der Waals surface area contributed by atoms with Gasteiger partial charge in [-0.2, -0.15) is 0 Å². The number of fused-ring (bicyclic) bond motifs is 1. The molecule has 0 amide bonds. The molecule has 0 spiro atoms. The summed E-state index contributed by atoms with van der Waals surface area (Å²) in [4.78, 5) is 10.8. The van der Waals surface area contributed by atoms with Crippen molar-refractivity contribution >= 4 is 16.7 Å². The third-order valence-electron chi connectivity index (χ3n) is 2.87. The predicted octanol–water partition coefficient (Wildman–Crippen LogP) is 1.17. The van der Waals surface area contributed by atoms with Crippen LogP contribution >= 0.6 is 0 Å². The van der Waals surface area contributed by atoms with Crippen molar-refractivity contribution in [3.63, 3.8) is 0 Å². The Balaban J connectivity index is 1.98. The van der Waals surface area contributed by atoms with Crippen molar-refractivity contribution in [1.29, 1.82) is 0 Å². The maximum absolute atomic E-state index is 9.33. The molecule has 88 valence electrons. The number of rotatable bonds is 1. The summed E-state index contributed by atoms with van der Waals surface area (Å²) in [7, 11) is 0. The highest BCUT2D eigenvalue weighted by atomic mass is 16.5. The average Bonchev–Trinajstić information content (AvgIpc) is 2.39. The van der Waals surface area contributed by atoms with E-state index in [-0.39, 0.29) is 5.75 Å². The number of morpholine rings is 1. The Morgan fingerprint density at radius 2 is 1.94 bits per heavy atom. The summed E-state index contributed by atoms with van der Waals surface area (Å²) in [5.41, 5.74) is 0.847. The Bertz CT molecular complexity index is 538. The molecule has 0 aromatic carbocycles. The molecule has 5 heteroatoms. The van der Waals surface area contributed by atoms with E-state index in [2.05, 4.69) is 14.9 Å². The Kier molecular flexibility index (Phi) is 2.53. The van der Waals surface area contributed by atoms with E-state index in [0.717, 1.165) is 43.0 Å². The zero-order valence-electron chi connectivity index (χ0n) is 9.33. The molecule has 1 aliphatic rings. The monoisotopic (exact) mass is 231 g/mol. The molecule has 0 saturated carbocycles. The van der Waals surface area contributed by atoms with Crippen LogP contribution in [0.5, 0.6) is 5.75 Å². The normalized spacial score (nSPS) is 16.4. The molecular weight excluding hydrogens is 218 g/mol. The fourth-order valence-electron chi connectivity index (χ4n) is 1.97. The molecule has 0 atom stereocenters. The van der Waals surface area contributed by atoms with Gasteiger partial charge in [0.2, 0.25) is 0 Å². The predicted molar refractivity (Wildman–Crippen MR) is 64.2 cm³/mol. The lowest BCUT2D eigenvalue weighted by atomic mass is 10.2. The molecule has 1 aliphatic heterocycles. The van der Waals surface area contributed by atoms with Gasteiger partial charge in [0.15, 0.2) is 0 Å². The van der Waals surface area contributed by atoms with Crippen molar-refractivity contribution in [3.8, 4) is 5.75 Å². The standard InChI is InChI=1S/C12H13N3O2/c16-10-5-9-7-14-12(6-11(9)13-8-10)15-1-3-17-4-2-15/h5-8,16H,1-4H2. The molecule has 0 aliphatic carbocycles. The van der Waals surface area contributed by atoms with E-state index in [9.17, 15) is 5.11 Å². The van der Waals surface area contributed by atoms with E-state index in [0.29, 0.717) is 0 Å². The SMILES string of the molecule is Oc1cnc2cc(N3CCOCC3)ncc2c1. The number of aromatic nitrogens is 2. The number of aromatic hydroxyl groups is 1. The number of nitrogens with zero attached hydrogens (tertiary/aromatic N) is 3. The quantitative estimate of drug-likeness (QED) is 0.798. The van der Waals surface area contributed by atoms with E-state index in [4.69, 9.17) is 4.74 Å². The van der Waals surface area contributed by atoms with Crippen LogP contribution in [0.15, 0.2) is 24.5 Å². The van der Waals surface area contributed by atoms with E-state index >= 15 is 0 Å². The van der Waals surface area contributed by atoms with Crippen molar-refractivity contribution in [2.45, 2.75) is 0 Å². The van der Waals surface area contributed by atoms with Crippen molar-refractivity contribution in [1.82, 2.24) is 9.97 Å². The van der Waals surface area contributed by atoms with E-state index in [1.54, 1.807) is 12.3 Å². The zero-order chi connectivity index (χ0) is 11.7. The second-order valence-corrected chi connectivity index (χ2v) is 4.03. The molecule has 1 saturated heterocycles. The number of anilines is 1. The van der Waals surface area contributed by atoms with Crippen molar-refractivity contribution in [3.05, 3.63) is 24.5 Å². The minimum absolute atomic E-state index is 0.165. The Hall–Kier alpha value is -1.88. The molecule has 0 bridgehead atoms. The Morgan fingerprint density at radius 1 is 1.12 bits per heavy atom. The van der Waals surface area contributed by atoms with Crippen molar-refractivity contribution in [2.24, 2.45) is 0 Å². The third-order valence-corrected chi connectivity index (χ3v) is 2.87. The highest BCUT2D eigenvalue weighted by Crippen LogP contribution is 2.21. The summed E-state index contributed by atoms with van der Waals surface area (Å²) in [6.07, 6.45) is 3.19. The second kappa shape index (κ2) is 4.18. The first-order chi connectivity index (χ1) is 8.33. The van der Waals surface area contributed by atoms with Crippen LogP contribution in [0.2, 0.25) is 0 Å². The lowest BCUT2D eigenvalue weighted by Crippen LogP contribution is -2.36. The maximum Gasteiger partial charge on any atom is 0.134 e. The first kappa shape index (κ1) is 10.3.